The molecule has 2 aromatic rings. The smallest absolute Gasteiger partial charge is 0.298 e. The summed E-state index contributed by atoms with van der Waals surface area (Å²) in [5.41, 5.74) is 0.0433. The third-order valence-electron chi connectivity index (χ3n) is 3.76. The van der Waals surface area contributed by atoms with Gasteiger partial charge in [0.05, 0.1) is 4.92 Å². The van der Waals surface area contributed by atoms with E-state index in [9.17, 15) is 28.1 Å². The van der Waals surface area contributed by atoms with E-state index >= 15 is 0 Å². The minimum Gasteiger partial charge on any atom is -0.324 e. The quantitative estimate of drug-likeness (QED) is 0.228. The van der Waals surface area contributed by atoms with Gasteiger partial charge in [-0.05, 0) is 37.6 Å². The first-order chi connectivity index (χ1) is 13.5. The van der Waals surface area contributed by atoms with Crippen molar-refractivity contribution in [3.63, 3.8) is 0 Å². The molecule has 0 fully saturated rings. The van der Waals surface area contributed by atoms with Crippen molar-refractivity contribution in [1.82, 2.24) is 0 Å². The monoisotopic (exact) mass is 420 g/mol. The van der Waals surface area contributed by atoms with Gasteiger partial charge in [0.2, 0.25) is 6.04 Å². The number of carbonyl (C=O) groups excluding carboxylic acids is 2. The molecule has 1 amide bonds. The lowest BCUT2D eigenvalue weighted by Gasteiger charge is -2.11. The Morgan fingerprint density at radius 2 is 1.86 bits per heavy atom. The maximum absolute atomic E-state index is 12.4. The van der Waals surface area contributed by atoms with Crippen LogP contribution < -0.4 is 5.32 Å². The molecule has 29 heavy (non-hydrogen) atoms. The number of benzene rings is 2. The molecule has 0 bridgehead atoms. The van der Waals surface area contributed by atoms with Crippen molar-refractivity contribution in [2.45, 2.75) is 24.8 Å². The molecule has 0 spiro atoms. The predicted molar refractivity (Wildman–Crippen MR) is 102 cm³/mol. The Bertz CT molecular complexity index is 1110. The molecule has 0 aliphatic carbocycles. The summed E-state index contributed by atoms with van der Waals surface area (Å²) in [6, 6.07) is 7.67. The van der Waals surface area contributed by atoms with Gasteiger partial charge in [-0.1, -0.05) is 18.2 Å². The molecule has 1 atom stereocenters. The maximum Gasteiger partial charge on any atom is 0.298 e. The Labute approximate surface area is 165 Å². The van der Waals surface area contributed by atoms with Crippen LogP contribution in [0.3, 0.4) is 0 Å². The number of nitrogens with zero attached hydrogens (tertiary/aromatic N) is 3. The Balaban J connectivity index is 2.35. The number of hydrogen-bond donors (Lipinski definition) is 2. The van der Waals surface area contributed by atoms with Crippen LogP contribution in [0.15, 0.2) is 57.6 Å². The Hall–Kier alpha value is -3.51. The first kappa shape index (κ1) is 21.8. The number of para-hydroxylation sites is 1. The molecule has 2 rings (SSSR count). The van der Waals surface area contributed by atoms with E-state index in [1.165, 1.54) is 0 Å². The molecule has 0 saturated heterocycles. The van der Waals surface area contributed by atoms with E-state index in [4.69, 9.17) is 4.55 Å². The molecule has 0 aliphatic heterocycles. The second-order valence-electron chi connectivity index (χ2n) is 5.92. The van der Waals surface area contributed by atoms with E-state index in [2.05, 4.69) is 15.5 Å². The summed E-state index contributed by atoms with van der Waals surface area (Å²) in [6.45, 7) is 2.86. The first-order valence-electron chi connectivity index (χ1n) is 8.04. The van der Waals surface area contributed by atoms with E-state index in [-0.39, 0.29) is 0 Å². The van der Waals surface area contributed by atoms with Gasteiger partial charge in [0.15, 0.2) is 11.5 Å². The Morgan fingerprint density at radius 3 is 2.41 bits per heavy atom. The van der Waals surface area contributed by atoms with Gasteiger partial charge in [-0.2, -0.15) is 13.5 Å². The van der Waals surface area contributed by atoms with Crippen LogP contribution in [0, 0.1) is 17.0 Å². The fourth-order valence-corrected chi connectivity index (χ4v) is 2.75. The molecule has 11 nitrogen and oxygen atoms in total. The van der Waals surface area contributed by atoms with Crippen molar-refractivity contribution in [2.24, 2.45) is 10.2 Å². The highest BCUT2D eigenvalue weighted by atomic mass is 32.2. The molecule has 2 N–H and O–H groups in total. The number of ketones is 1. The van der Waals surface area contributed by atoms with Gasteiger partial charge in [-0.15, -0.1) is 5.11 Å². The number of nitrogens with one attached hydrogen (secondary N) is 1. The van der Waals surface area contributed by atoms with Crippen molar-refractivity contribution in [1.29, 1.82) is 0 Å². The molecule has 152 valence electrons. The van der Waals surface area contributed by atoms with E-state index in [0.29, 0.717) is 11.8 Å². The largest absolute Gasteiger partial charge is 0.324 e. The SMILES string of the molecule is CC(=O)[C@@H](N=Nc1ccc(S(=O)(=O)O)cc1[N+](=O)[O-])C(=O)Nc1ccccc1C. The first-order valence-corrected chi connectivity index (χ1v) is 9.48. The normalized spacial score (nSPS) is 12.5. The van der Waals surface area contributed by atoms with Crippen molar-refractivity contribution in [3.05, 3.63) is 58.1 Å². The topological polar surface area (TPSA) is 168 Å². The fourth-order valence-electron chi connectivity index (χ4n) is 2.25. The van der Waals surface area contributed by atoms with Crippen LogP contribution in [0.2, 0.25) is 0 Å². The molecule has 0 aliphatic rings. The van der Waals surface area contributed by atoms with Gasteiger partial charge in [-0.25, -0.2) is 0 Å². The Kier molecular flexibility index (Phi) is 6.51. The van der Waals surface area contributed by atoms with Gasteiger partial charge in [-0.3, -0.25) is 24.3 Å². The lowest BCUT2D eigenvalue weighted by Crippen LogP contribution is -2.32. The summed E-state index contributed by atoms with van der Waals surface area (Å²) < 4.78 is 31.3. The van der Waals surface area contributed by atoms with Gasteiger partial charge < -0.3 is 5.32 Å². The van der Waals surface area contributed by atoms with E-state index in [0.717, 1.165) is 24.6 Å². The van der Waals surface area contributed by atoms with Crippen LogP contribution in [-0.2, 0) is 19.7 Å². The van der Waals surface area contributed by atoms with E-state index in [1.54, 1.807) is 31.2 Å². The van der Waals surface area contributed by atoms with E-state index in [1.807, 2.05) is 0 Å². The summed E-state index contributed by atoms with van der Waals surface area (Å²) in [5.74, 6) is -1.44. The number of aryl methyl sites for hydroxylation is 1. The van der Waals surface area contributed by atoms with Crippen LogP contribution in [0.5, 0.6) is 0 Å². The minimum absolute atomic E-state index is 0.391. The fraction of sp³-hybridized carbons (Fsp3) is 0.176. The summed E-state index contributed by atoms with van der Waals surface area (Å²) >= 11 is 0. The average molecular weight is 420 g/mol. The second kappa shape index (κ2) is 8.67. The molecule has 2 aromatic carbocycles. The van der Waals surface area contributed by atoms with Crippen LogP contribution in [0.1, 0.15) is 12.5 Å². The van der Waals surface area contributed by atoms with Gasteiger partial charge in [0.25, 0.3) is 21.7 Å². The number of amides is 1. The molecule has 0 saturated carbocycles. The number of rotatable bonds is 7. The van der Waals surface area contributed by atoms with Gasteiger partial charge in [0.1, 0.15) is 4.90 Å². The maximum atomic E-state index is 12.4. The van der Waals surface area contributed by atoms with Crippen LogP contribution in [-0.4, -0.2) is 35.6 Å². The molecule has 0 unspecified atom stereocenters. The molecular formula is C17H16N4O7S. The third kappa shape index (κ3) is 5.49. The molecule has 0 aromatic heterocycles. The standard InChI is InChI=1S/C17H16N4O7S/c1-10-5-3-4-6-13(10)18-17(23)16(11(2)22)20-19-14-8-7-12(29(26,27)28)9-15(14)21(24)25/h3-9,16H,1-2H3,(H,18,23)(H,26,27,28)/t16-/m1/s1. The summed E-state index contributed by atoms with van der Waals surface area (Å²) in [5, 5.41) is 20.9. The summed E-state index contributed by atoms with van der Waals surface area (Å²) in [6.07, 6.45) is 0. The highest BCUT2D eigenvalue weighted by Crippen LogP contribution is 2.30. The van der Waals surface area contributed by atoms with E-state index < -0.39 is 49.0 Å². The average Bonchev–Trinajstić information content (AvgIpc) is 2.62. The number of azo groups is 1. The zero-order valence-electron chi connectivity index (χ0n) is 15.3. The number of anilines is 1. The van der Waals surface area contributed by atoms with Crippen LogP contribution >= 0.6 is 0 Å². The molecule has 0 radical (unpaired) electrons. The van der Waals surface area contributed by atoms with Crippen molar-refractivity contribution in [2.75, 3.05) is 5.32 Å². The molecular weight excluding hydrogens is 404 g/mol. The highest BCUT2D eigenvalue weighted by molar-refractivity contribution is 7.85. The lowest BCUT2D eigenvalue weighted by molar-refractivity contribution is -0.384. The lowest BCUT2D eigenvalue weighted by atomic mass is 10.1. The zero-order chi connectivity index (χ0) is 21.8. The van der Waals surface area contributed by atoms with Gasteiger partial charge >= 0.3 is 0 Å². The van der Waals surface area contributed by atoms with Crippen molar-refractivity contribution in [3.8, 4) is 0 Å². The van der Waals surface area contributed by atoms with Crippen molar-refractivity contribution < 1.29 is 27.5 Å². The summed E-state index contributed by atoms with van der Waals surface area (Å²) in [4.78, 5) is 33.8. The third-order valence-corrected chi connectivity index (χ3v) is 4.61. The molecule has 0 heterocycles. The number of Topliss-reactive ketones (excluding diaryl/α,β-unsaturated/α-hetero) is 1. The second-order valence-corrected chi connectivity index (χ2v) is 7.34. The molecule has 12 heteroatoms. The minimum atomic E-state index is -4.67. The number of nitro benzene ring substituents is 1. The predicted octanol–water partition coefficient (Wildman–Crippen LogP) is 2.83. The highest BCUT2D eigenvalue weighted by Gasteiger charge is 2.25. The Morgan fingerprint density at radius 1 is 1.21 bits per heavy atom. The van der Waals surface area contributed by atoms with Gasteiger partial charge in [0, 0.05) is 11.8 Å². The number of nitro groups is 1. The zero-order valence-corrected chi connectivity index (χ0v) is 16.1. The van der Waals surface area contributed by atoms with Crippen LogP contribution in [0.25, 0.3) is 0 Å². The number of hydrogen-bond acceptors (Lipinski definition) is 8. The van der Waals surface area contributed by atoms with Crippen LogP contribution in [0.4, 0.5) is 17.1 Å². The summed E-state index contributed by atoms with van der Waals surface area (Å²) in [7, 11) is -4.67. The van der Waals surface area contributed by atoms with Crippen molar-refractivity contribution >= 4 is 38.9 Å². The number of carbonyl (C=O) groups is 2.